The van der Waals surface area contributed by atoms with Gasteiger partial charge in [-0.2, -0.15) is 5.10 Å². The van der Waals surface area contributed by atoms with Gasteiger partial charge in [0.1, 0.15) is 4.90 Å². The Morgan fingerprint density at radius 2 is 1.90 bits per heavy atom. The molecule has 0 saturated carbocycles. The molecule has 0 aliphatic carbocycles. The van der Waals surface area contributed by atoms with E-state index in [0.29, 0.717) is 17.9 Å². The van der Waals surface area contributed by atoms with E-state index in [0.717, 1.165) is 12.8 Å². The Bertz CT molecular complexity index is 513. The molecule has 0 amide bonds. The van der Waals surface area contributed by atoms with Crippen molar-refractivity contribution in [3.63, 3.8) is 0 Å². The summed E-state index contributed by atoms with van der Waals surface area (Å²) in [4.78, 5) is 0.279. The minimum absolute atomic E-state index is 0.0339. The molecule has 0 spiro atoms. The van der Waals surface area contributed by atoms with Crippen molar-refractivity contribution in [2.45, 2.75) is 65.2 Å². The van der Waals surface area contributed by atoms with Gasteiger partial charge in [-0.15, -0.1) is 0 Å². The zero-order chi connectivity index (χ0) is 15.4. The van der Waals surface area contributed by atoms with E-state index < -0.39 is 10.0 Å². The largest absolute Gasteiger partial charge is 0.281 e. The van der Waals surface area contributed by atoms with Crippen LogP contribution in [-0.2, 0) is 10.0 Å². The quantitative estimate of drug-likeness (QED) is 0.725. The third kappa shape index (κ3) is 4.59. The Hall–Kier alpha value is -0.880. The Kier molecular flexibility index (Phi) is 5.77. The third-order valence-corrected chi connectivity index (χ3v) is 5.19. The molecule has 0 aliphatic heterocycles. The molecule has 0 atom stereocenters. The topological polar surface area (TPSA) is 74.8 Å². The summed E-state index contributed by atoms with van der Waals surface area (Å²) in [5.74, 6) is 0. The monoisotopic (exact) mass is 301 g/mol. The fourth-order valence-corrected chi connectivity index (χ4v) is 3.85. The van der Waals surface area contributed by atoms with Crippen LogP contribution in [0.3, 0.4) is 0 Å². The van der Waals surface area contributed by atoms with Crippen molar-refractivity contribution in [2.75, 3.05) is 6.54 Å². The molecule has 1 aromatic heterocycles. The van der Waals surface area contributed by atoms with E-state index >= 15 is 0 Å². The fourth-order valence-electron chi connectivity index (χ4n) is 2.24. The predicted octanol–water partition coefficient (Wildman–Crippen LogP) is 2.91. The minimum atomic E-state index is -3.49. The second-order valence-electron chi connectivity index (χ2n) is 6.21. The van der Waals surface area contributed by atoms with Gasteiger partial charge in [-0.05, 0) is 25.7 Å². The molecule has 0 aromatic carbocycles. The molecule has 116 valence electrons. The lowest BCUT2D eigenvalue weighted by atomic mass is 9.87. The molecule has 6 heteroatoms. The summed E-state index contributed by atoms with van der Waals surface area (Å²) in [6.07, 6.45) is 4.52. The van der Waals surface area contributed by atoms with Crippen molar-refractivity contribution < 1.29 is 8.42 Å². The lowest BCUT2D eigenvalue weighted by molar-refractivity contribution is 0.320. The van der Waals surface area contributed by atoms with E-state index in [4.69, 9.17) is 0 Å². The number of aryl methyl sites for hydroxylation is 2. The van der Waals surface area contributed by atoms with Crippen LogP contribution >= 0.6 is 0 Å². The van der Waals surface area contributed by atoms with Crippen LogP contribution in [0.15, 0.2) is 4.90 Å². The van der Waals surface area contributed by atoms with Crippen LogP contribution in [0, 0.1) is 19.3 Å². The van der Waals surface area contributed by atoms with Gasteiger partial charge in [-0.3, -0.25) is 5.10 Å². The van der Waals surface area contributed by atoms with E-state index in [1.54, 1.807) is 13.8 Å². The number of nitrogens with zero attached hydrogens (tertiary/aromatic N) is 1. The number of unbranched alkanes of at least 4 members (excludes halogenated alkanes) is 2. The molecule has 0 aliphatic rings. The number of sulfonamides is 1. The third-order valence-electron chi connectivity index (χ3n) is 3.53. The molecular formula is C14H27N3O2S. The van der Waals surface area contributed by atoms with Gasteiger partial charge in [0.25, 0.3) is 0 Å². The Morgan fingerprint density at radius 1 is 1.25 bits per heavy atom. The highest BCUT2D eigenvalue weighted by Gasteiger charge is 2.25. The molecule has 1 rings (SSSR count). The van der Waals surface area contributed by atoms with Gasteiger partial charge in [0, 0.05) is 6.54 Å². The van der Waals surface area contributed by atoms with E-state index in [2.05, 4.69) is 35.7 Å². The maximum atomic E-state index is 12.3. The fraction of sp³-hybridized carbons (Fsp3) is 0.786. The van der Waals surface area contributed by atoms with E-state index in [1.165, 1.54) is 12.8 Å². The average molecular weight is 301 g/mol. The Balaban J connectivity index is 2.69. The number of nitrogens with one attached hydrogen (secondary N) is 2. The van der Waals surface area contributed by atoms with Gasteiger partial charge in [0.05, 0.1) is 11.4 Å². The normalized spacial score (nSPS) is 12.8. The van der Waals surface area contributed by atoms with Crippen molar-refractivity contribution in [1.82, 2.24) is 14.9 Å². The van der Waals surface area contributed by atoms with Crippen molar-refractivity contribution in [2.24, 2.45) is 5.41 Å². The van der Waals surface area contributed by atoms with Gasteiger partial charge in [0.15, 0.2) is 0 Å². The van der Waals surface area contributed by atoms with Crippen molar-refractivity contribution in [3.05, 3.63) is 11.4 Å². The average Bonchev–Trinajstić information content (AvgIpc) is 2.68. The first-order chi connectivity index (χ1) is 9.19. The second kappa shape index (κ2) is 6.72. The molecule has 1 heterocycles. The standard InChI is InChI=1S/C14H27N3O2S/c1-6-7-8-9-14(4,5)10-15-20(18,19)13-11(2)16-17-12(13)3/h15H,6-10H2,1-5H3,(H,16,17). The van der Waals surface area contributed by atoms with Gasteiger partial charge in [-0.25, -0.2) is 13.1 Å². The molecule has 1 aromatic rings. The summed E-state index contributed by atoms with van der Waals surface area (Å²) in [5, 5.41) is 6.66. The summed E-state index contributed by atoms with van der Waals surface area (Å²) in [7, 11) is -3.49. The van der Waals surface area contributed by atoms with Crippen LogP contribution in [-0.4, -0.2) is 25.2 Å². The van der Waals surface area contributed by atoms with Gasteiger partial charge in [0.2, 0.25) is 10.0 Å². The van der Waals surface area contributed by atoms with E-state index in [9.17, 15) is 8.42 Å². The summed E-state index contributed by atoms with van der Waals surface area (Å²) < 4.78 is 27.4. The van der Waals surface area contributed by atoms with E-state index in [1.807, 2.05) is 0 Å². The van der Waals surface area contributed by atoms with Gasteiger partial charge in [-0.1, -0.05) is 40.0 Å². The lowest BCUT2D eigenvalue weighted by Crippen LogP contribution is -2.34. The molecule has 0 saturated heterocycles. The van der Waals surface area contributed by atoms with Crippen LogP contribution in [0.5, 0.6) is 0 Å². The maximum Gasteiger partial charge on any atom is 0.244 e. The predicted molar refractivity (Wildman–Crippen MR) is 81.2 cm³/mol. The zero-order valence-electron chi connectivity index (χ0n) is 13.2. The smallest absolute Gasteiger partial charge is 0.244 e. The molecule has 20 heavy (non-hydrogen) atoms. The van der Waals surface area contributed by atoms with Crippen molar-refractivity contribution >= 4 is 10.0 Å². The highest BCUT2D eigenvalue weighted by Crippen LogP contribution is 2.24. The lowest BCUT2D eigenvalue weighted by Gasteiger charge is -2.24. The molecular weight excluding hydrogens is 274 g/mol. The van der Waals surface area contributed by atoms with Crippen molar-refractivity contribution in [3.8, 4) is 0 Å². The number of aromatic nitrogens is 2. The van der Waals surface area contributed by atoms with Gasteiger partial charge < -0.3 is 0 Å². The zero-order valence-corrected chi connectivity index (χ0v) is 14.0. The molecule has 0 fully saturated rings. The van der Waals surface area contributed by atoms with Crippen LogP contribution in [0.2, 0.25) is 0 Å². The Labute approximate surface area is 122 Å². The van der Waals surface area contributed by atoms with Crippen molar-refractivity contribution in [1.29, 1.82) is 0 Å². The number of hydrogen-bond acceptors (Lipinski definition) is 3. The minimum Gasteiger partial charge on any atom is -0.281 e. The molecule has 5 nitrogen and oxygen atoms in total. The number of H-pyrrole nitrogens is 1. The molecule has 0 radical (unpaired) electrons. The van der Waals surface area contributed by atoms with Crippen LogP contribution in [0.25, 0.3) is 0 Å². The summed E-state index contributed by atoms with van der Waals surface area (Å²) in [6, 6.07) is 0. The number of rotatable bonds is 8. The highest BCUT2D eigenvalue weighted by molar-refractivity contribution is 7.89. The molecule has 0 bridgehead atoms. The molecule has 2 N–H and O–H groups in total. The van der Waals surface area contributed by atoms with E-state index in [-0.39, 0.29) is 10.3 Å². The summed E-state index contributed by atoms with van der Waals surface area (Å²) in [6.45, 7) is 10.2. The van der Waals surface area contributed by atoms with Crippen LogP contribution in [0.4, 0.5) is 0 Å². The number of hydrogen-bond donors (Lipinski definition) is 2. The first-order valence-electron chi connectivity index (χ1n) is 7.21. The highest BCUT2D eigenvalue weighted by atomic mass is 32.2. The molecule has 0 unspecified atom stereocenters. The summed E-state index contributed by atoms with van der Waals surface area (Å²) >= 11 is 0. The Morgan fingerprint density at radius 3 is 2.40 bits per heavy atom. The first kappa shape index (κ1) is 17.2. The number of aromatic amines is 1. The van der Waals surface area contributed by atoms with Crippen LogP contribution in [0.1, 0.15) is 57.8 Å². The van der Waals surface area contributed by atoms with Gasteiger partial charge >= 0.3 is 0 Å². The summed E-state index contributed by atoms with van der Waals surface area (Å²) in [5.41, 5.74) is 1.06. The van der Waals surface area contributed by atoms with Crippen LogP contribution < -0.4 is 4.72 Å². The maximum absolute atomic E-state index is 12.3. The second-order valence-corrected chi connectivity index (χ2v) is 7.91. The SMILES string of the molecule is CCCCCC(C)(C)CNS(=O)(=O)c1c(C)n[nH]c1C. The first-order valence-corrected chi connectivity index (χ1v) is 8.69.